The van der Waals surface area contributed by atoms with Crippen molar-refractivity contribution in [3.05, 3.63) is 27.7 Å². The zero-order valence-electron chi connectivity index (χ0n) is 9.45. The Morgan fingerprint density at radius 2 is 2.24 bits per heavy atom. The first kappa shape index (κ1) is 12.1. The predicted molar refractivity (Wildman–Crippen MR) is 64.0 cm³/mol. The Balaban J connectivity index is 2.46. The molecule has 2 rings (SSSR count). The van der Waals surface area contributed by atoms with Crippen molar-refractivity contribution in [3.63, 3.8) is 0 Å². The Labute approximate surface area is 107 Å². The highest BCUT2D eigenvalue weighted by Crippen LogP contribution is 2.36. The van der Waals surface area contributed by atoms with Crippen LogP contribution >= 0.6 is 15.9 Å². The number of hydrogen-bond donors (Lipinski definition) is 0. The molecule has 1 aliphatic heterocycles. The number of Topliss-reactive ketones (excluding diaryl/α,β-unsaturated/α-hetero) is 1. The van der Waals surface area contributed by atoms with Gasteiger partial charge < -0.3 is 9.47 Å². The maximum Gasteiger partial charge on any atom is 0.296 e. The van der Waals surface area contributed by atoms with Gasteiger partial charge in [0.1, 0.15) is 5.75 Å². The lowest BCUT2D eigenvalue weighted by Crippen LogP contribution is -2.41. The fourth-order valence-electron chi connectivity index (χ4n) is 1.79. The van der Waals surface area contributed by atoms with E-state index in [9.17, 15) is 9.59 Å². The summed E-state index contributed by atoms with van der Waals surface area (Å²) in [6.45, 7) is 3.75. The molecule has 1 aromatic carbocycles. The molecule has 4 nitrogen and oxygen atoms in total. The maximum absolute atomic E-state index is 11.9. The monoisotopic (exact) mass is 298 g/mol. The molecule has 90 valence electrons. The van der Waals surface area contributed by atoms with Crippen LogP contribution in [0.2, 0.25) is 0 Å². The van der Waals surface area contributed by atoms with Gasteiger partial charge in [-0.1, -0.05) is 15.9 Å². The minimum absolute atomic E-state index is 0.0276. The van der Waals surface area contributed by atoms with Crippen molar-refractivity contribution in [2.24, 2.45) is 0 Å². The molecule has 0 fully saturated rings. The van der Waals surface area contributed by atoms with Crippen LogP contribution in [0.4, 0.5) is 0 Å². The molecule has 1 atom stereocenters. The van der Waals surface area contributed by atoms with Gasteiger partial charge in [0.05, 0.1) is 12.0 Å². The van der Waals surface area contributed by atoms with E-state index in [1.165, 1.54) is 0 Å². The summed E-state index contributed by atoms with van der Waals surface area (Å²) >= 11 is 3.37. The standard InChI is InChI=1S/C12H11BrO4/c1-7-3-8-10(15)5-12(2,16-6-14)17-11(8)4-9(7)13/h3-4,6H,5H2,1-2H3. The highest BCUT2D eigenvalue weighted by atomic mass is 79.9. The Kier molecular flexibility index (Phi) is 2.95. The van der Waals surface area contributed by atoms with Crippen molar-refractivity contribution >= 4 is 28.2 Å². The number of carbonyl (C=O) groups excluding carboxylic acids is 2. The van der Waals surface area contributed by atoms with E-state index in [0.717, 1.165) is 10.0 Å². The maximum atomic E-state index is 11.9. The molecule has 1 aromatic rings. The van der Waals surface area contributed by atoms with E-state index < -0.39 is 5.79 Å². The van der Waals surface area contributed by atoms with E-state index in [0.29, 0.717) is 17.8 Å². The molecule has 0 bridgehead atoms. The van der Waals surface area contributed by atoms with Crippen molar-refractivity contribution in [1.82, 2.24) is 0 Å². The molecule has 0 aromatic heterocycles. The van der Waals surface area contributed by atoms with Crippen LogP contribution < -0.4 is 4.74 Å². The third-order valence-electron chi connectivity index (χ3n) is 2.67. The summed E-state index contributed by atoms with van der Waals surface area (Å²) in [6, 6.07) is 3.48. The lowest BCUT2D eigenvalue weighted by Gasteiger charge is -2.32. The number of halogens is 1. The summed E-state index contributed by atoms with van der Waals surface area (Å²) < 4.78 is 11.2. The van der Waals surface area contributed by atoms with Crippen molar-refractivity contribution in [2.45, 2.75) is 26.1 Å². The van der Waals surface area contributed by atoms with Gasteiger partial charge in [0.2, 0.25) is 0 Å². The minimum atomic E-state index is -1.21. The number of hydrogen-bond acceptors (Lipinski definition) is 4. The number of aryl methyl sites for hydroxylation is 1. The highest BCUT2D eigenvalue weighted by molar-refractivity contribution is 9.10. The van der Waals surface area contributed by atoms with Gasteiger partial charge in [0.25, 0.3) is 12.3 Å². The molecule has 0 saturated heterocycles. The number of ketones is 1. The predicted octanol–water partition coefficient (Wildman–Crippen LogP) is 2.61. The number of fused-ring (bicyclic) bond motifs is 1. The van der Waals surface area contributed by atoms with Crippen LogP contribution in [-0.4, -0.2) is 18.0 Å². The van der Waals surface area contributed by atoms with Crippen LogP contribution in [0.1, 0.15) is 29.3 Å². The van der Waals surface area contributed by atoms with E-state index in [4.69, 9.17) is 9.47 Å². The van der Waals surface area contributed by atoms with Crippen molar-refractivity contribution in [2.75, 3.05) is 0 Å². The van der Waals surface area contributed by atoms with Crippen LogP contribution in [0.25, 0.3) is 0 Å². The van der Waals surface area contributed by atoms with Gasteiger partial charge in [-0.05, 0) is 24.6 Å². The molecule has 1 heterocycles. The Hall–Kier alpha value is -1.36. The quantitative estimate of drug-likeness (QED) is 0.788. The zero-order chi connectivity index (χ0) is 12.6. The third kappa shape index (κ3) is 2.20. The lowest BCUT2D eigenvalue weighted by atomic mass is 9.98. The van der Waals surface area contributed by atoms with Crippen LogP contribution in [0.15, 0.2) is 16.6 Å². The SMILES string of the molecule is Cc1cc2c(cc1Br)OC(C)(OC=O)CC2=O. The van der Waals surface area contributed by atoms with Gasteiger partial charge in [-0.2, -0.15) is 0 Å². The van der Waals surface area contributed by atoms with Crippen LogP contribution in [0, 0.1) is 6.92 Å². The van der Waals surface area contributed by atoms with Gasteiger partial charge in [-0.15, -0.1) is 0 Å². The number of rotatable bonds is 2. The summed E-state index contributed by atoms with van der Waals surface area (Å²) in [4.78, 5) is 22.3. The van der Waals surface area contributed by atoms with Crippen molar-refractivity contribution in [1.29, 1.82) is 0 Å². The van der Waals surface area contributed by atoms with Crippen LogP contribution in [0.3, 0.4) is 0 Å². The fraction of sp³-hybridized carbons (Fsp3) is 0.333. The molecule has 0 spiro atoms. The normalized spacial score (nSPS) is 22.6. The van der Waals surface area contributed by atoms with Crippen molar-refractivity contribution < 1.29 is 19.1 Å². The summed E-state index contributed by atoms with van der Waals surface area (Å²) in [7, 11) is 0. The third-order valence-corrected chi connectivity index (χ3v) is 3.52. The second-order valence-electron chi connectivity index (χ2n) is 4.15. The van der Waals surface area contributed by atoms with E-state index >= 15 is 0 Å². The largest absolute Gasteiger partial charge is 0.451 e. The zero-order valence-corrected chi connectivity index (χ0v) is 11.0. The first-order valence-electron chi connectivity index (χ1n) is 5.09. The van der Waals surface area contributed by atoms with Gasteiger partial charge in [0.15, 0.2) is 5.78 Å². The van der Waals surface area contributed by atoms with Gasteiger partial charge in [0, 0.05) is 11.4 Å². The van der Waals surface area contributed by atoms with Gasteiger partial charge >= 0.3 is 0 Å². The van der Waals surface area contributed by atoms with Crippen molar-refractivity contribution in [3.8, 4) is 5.75 Å². The van der Waals surface area contributed by atoms with Crippen LogP contribution in [0.5, 0.6) is 5.75 Å². The molecule has 17 heavy (non-hydrogen) atoms. The fourth-order valence-corrected chi connectivity index (χ4v) is 2.11. The number of ether oxygens (including phenoxy) is 2. The molecule has 0 amide bonds. The van der Waals surface area contributed by atoms with Gasteiger partial charge in [-0.25, -0.2) is 0 Å². The first-order chi connectivity index (χ1) is 7.95. The molecule has 0 aliphatic carbocycles. The summed E-state index contributed by atoms with van der Waals surface area (Å²) in [6.07, 6.45) is 0.0276. The van der Waals surface area contributed by atoms with E-state index in [2.05, 4.69) is 15.9 Å². The van der Waals surface area contributed by atoms with E-state index in [1.54, 1.807) is 19.1 Å². The Morgan fingerprint density at radius 1 is 1.53 bits per heavy atom. The minimum Gasteiger partial charge on any atom is -0.451 e. The molecule has 1 unspecified atom stereocenters. The second kappa shape index (κ2) is 4.14. The van der Waals surface area contributed by atoms with E-state index in [-0.39, 0.29) is 12.2 Å². The number of benzene rings is 1. The molecular formula is C12H11BrO4. The topological polar surface area (TPSA) is 52.6 Å². The summed E-state index contributed by atoms with van der Waals surface area (Å²) in [5.74, 6) is -0.866. The highest BCUT2D eigenvalue weighted by Gasteiger charge is 2.38. The second-order valence-corrected chi connectivity index (χ2v) is 5.00. The van der Waals surface area contributed by atoms with Crippen LogP contribution in [-0.2, 0) is 9.53 Å². The lowest BCUT2D eigenvalue weighted by molar-refractivity contribution is -0.177. The summed E-state index contributed by atoms with van der Waals surface area (Å²) in [5, 5.41) is 0. The van der Waals surface area contributed by atoms with Gasteiger partial charge in [-0.3, -0.25) is 9.59 Å². The molecule has 0 radical (unpaired) electrons. The molecule has 0 N–H and O–H groups in total. The first-order valence-corrected chi connectivity index (χ1v) is 5.88. The summed E-state index contributed by atoms with van der Waals surface area (Å²) in [5.41, 5.74) is 1.48. The average molecular weight is 299 g/mol. The van der Waals surface area contributed by atoms with E-state index in [1.807, 2.05) is 6.92 Å². The Morgan fingerprint density at radius 3 is 2.88 bits per heavy atom. The Bertz CT molecular complexity index is 498. The average Bonchev–Trinajstić information content (AvgIpc) is 2.21. The molecular weight excluding hydrogens is 288 g/mol. The smallest absolute Gasteiger partial charge is 0.296 e. The number of carbonyl (C=O) groups is 2. The molecule has 0 saturated carbocycles. The molecule has 5 heteroatoms. The molecule has 1 aliphatic rings.